The molecule has 4 heteroatoms. The Morgan fingerprint density at radius 2 is 0.818 bits per heavy atom. The molecule has 0 fully saturated rings. The third-order valence-corrected chi connectivity index (χ3v) is 8.10. The van der Waals surface area contributed by atoms with Gasteiger partial charge in [0.15, 0.2) is 0 Å². The third kappa shape index (κ3) is 5.98. The van der Waals surface area contributed by atoms with Crippen LogP contribution in [0.3, 0.4) is 0 Å². The molecule has 0 spiro atoms. The molecule has 0 saturated carbocycles. The summed E-state index contributed by atoms with van der Waals surface area (Å²) in [7, 11) is 5.65. The highest BCUT2D eigenvalue weighted by molar-refractivity contribution is 6.15. The van der Waals surface area contributed by atoms with Gasteiger partial charge in [-0.2, -0.15) is 0 Å². The van der Waals surface area contributed by atoms with Crippen LogP contribution in [-0.2, 0) is 0 Å². The topological polar surface area (TPSA) is 18.5 Å². The fourth-order valence-electron chi connectivity index (χ4n) is 5.70. The van der Waals surface area contributed by atoms with Crippen molar-refractivity contribution in [3.63, 3.8) is 0 Å². The maximum absolute atomic E-state index is 5.65. The summed E-state index contributed by atoms with van der Waals surface area (Å²) in [6, 6.07) is 49.6. The van der Waals surface area contributed by atoms with Gasteiger partial charge in [0.1, 0.15) is 0 Å². The van der Waals surface area contributed by atoms with Gasteiger partial charge in [0.2, 0.25) is 7.98 Å². The first-order valence-corrected chi connectivity index (χ1v) is 15.0. The molecule has 2 radical (unpaired) electrons. The molecule has 214 valence electrons. The molecule has 6 rings (SSSR count). The molecule has 6 aromatic carbocycles. The number of benzene rings is 6. The summed E-state index contributed by atoms with van der Waals surface area (Å²) in [4.78, 5) is 4.63. The normalized spacial score (nSPS) is 10.8. The van der Waals surface area contributed by atoms with Crippen molar-refractivity contribution in [2.75, 3.05) is 15.0 Å². The Morgan fingerprint density at radius 1 is 0.432 bits per heavy atom. The minimum absolute atomic E-state index is 0.872. The molecule has 0 aliphatic heterocycles. The van der Waals surface area contributed by atoms with Gasteiger partial charge >= 0.3 is 0 Å². The number of anilines is 7. The number of hydrogen-bond donors (Lipinski definition) is 1. The largest absolute Gasteiger partial charge is 0.437 e. The Bertz CT molecular complexity index is 1860. The highest BCUT2D eigenvalue weighted by Gasteiger charge is 2.17. The molecule has 0 unspecified atom stereocenters. The minimum Gasteiger partial charge on any atom is -0.437 e. The average Bonchev–Trinajstić information content (AvgIpc) is 3.05. The molecule has 0 aliphatic rings. The molecule has 0 saturated heterocycles. The van der Waals surface area contributed by atoms with Gasteiger partial charge in [-0.15, -0.1) is 0 Å². The van der Waals surface area contributed by atoms with Gasteiger partial charge in [-0.1, -0.05) is 65.7 Å². The first-order valence-electron chi connectivity index (χ1n) is 15.0. The molecule has 0 heterocycles. The lowest BCUT2D eigenvalue weighted by Gasteiger charge is -2.28. The van der Waals surface area contributed by atoms with E-state index in [4.69, 9.17) is 7.98 Å². The first kappa shape index (κ1) is 28.9. The van der Waals surface area contributed by atoms with Gasteiger partial charge in [0, 0.05) is 39.8 Å². The van der Waals surface area contributed by atoms with E-state index in [2.05, 4.69) is 170 Å². The van der Waals surface area contributed by atoms with E-state index >= 15 is 0 Å². The zero-order valence-corrected chi connectivity index (χ0v) is 25.8. The lowest BCUT2D eigenvalue weighted by atomic mass is 9.98. The maximum Gasteiger partial charge on any atom is 0.222 e. The van der Waals surface area contributed by atoms with Crippen LogP contribution in [0, 0.1) is 27.7 Å². The summed E-state index contributed by atoms with van der Waals surface area (Å²) in [5.74, 6) is 0. The molecule has 1 N–H and O–H groups in total. The number of hydrogen-bond acceptors (Lipinski definition) is 3. The van der Waals surface area contributed by atoms with Crippen LogP contribution in [0.4, 0.5) is 39.8 Å². The van der Waals surface area contributed by atoms with Gasteiger partial charge in [-0.05, 0) is 135 Å². The standard InChI is InChI=1S/C40H36BN3/c1-28-10-18-36(19-11-28)43(35-8-6-5-7-9-35)39-24-14-32(26-30(39)3)33-15-25-40(31(4)27-33)44(37-20-12-29(2)13-21-37)38-22-16-34(42-41)17-23-38/h5-27,42H,1-4H3. The van der Waals surface area contributed by atoms with Crippen molar-refractivity contribution in [3.05, 3.63) is 162 Å². The molecule has 0 atom stereocenters. The third-order valence-electron chi connectivity index (χ3n) is 8.10. The second kappa shape index (κ2) is 12.6. The van der Waals surface area contributed by atoms with E-state index in [1.54, 1.807) is 0 Å². The van der Waals surface area contributed by atoms with Crippen LogP contribution in [0.2, 0.25) is 0 Å². The Hall–Kier alpha value is -5.22. The quantitative estimate of drug-likeness (QED) is 0.184. The molecule has 0 bridgehead atoms. The molecule has 3 nitrogen and oxygen atoms in total. The molecular formula is C40H36BN3. The van der Waals surface area contributed by atoms with Crippen molar-refractivity contribution < 1.29 is 0 Å². The van der Waals surface area contributed by atoms with Crippen LogP contribution in [0.5, 0.6) is 0 Å². The molecule has 0 aliphatic carbocycles. The van der Waals surface area contributed by atoms with Gasteiger partial charge in [-0.25, -0.2) is 0 Å². The van der Waals surface area contributed by atoms with E-state index in [9.17, 15) is 0 Å². The Labute approximate surface area is 262 Å². The summed E-state index contributed by atoms with van der Waals surface area (Å²) in [5, 5.41) is 2.73. The Morgan fingerprint density at radius 3 is 1.20 bits per heavy atom. The van der Waals surface area contributed by atoms with E-state index in [-0.39, 0.29) is 0 Å². The SMILES string of the molecule is [B]Nc1ccc(N(c2ccc(C)cc2)c2ccc(-c3ccc(N(c4ccccc4)c4ccc(C)cc4)c(C)c3)cc2C)cc1. The van der Waals surface area contributed by atoms with E-state index in [1.165, 1.54) is 33.4 Å². The summed E-state index contributed by atoms with van der Waals surface area (Å²) < 4.78 is 0. The van der Waals surface area contributed by atoms with Crippen LogP contribution in [0.25, 0.3) is 11.1 Å². The van der Waals surface area contributed by atoms with E-state index in [1.807, 2.05) is 12.1 Å². The number of aryl methyl sites for hydroxylation is 4. The van der Waals surface area contributed by atoms with Crippen LogP contribution in [0.15, 0.2) is 140 Å². The second-order valence-electron chi connectivity index (χ2n) is 11.4. The lowest BCUT2D eigenvalue weighted by Crippen LogP contribution is -2.12. The highest BCUT2D eigenvalue weighted by atomic mass is 15.1. The highest BCUT2D eigenvalue weighted by Crippen LogP contribution is 2.41. The van der Waals surface area contributed by atoms with Crippen LogP contribution < -0.4 is 15.0 Å². The van der Waals surface area contributed by atoms with E-state index in [0.29, 0.717) is 0 Å². The second-order valence-corrected chi connectivity index (χ2v) is 11.4. The average molecular weight is 570 g/mol. The zero-order valence-electron chi connectivity index (χ0n) is 25.8. The van der Waals surface area contributed by atoms with Gasteiger partial charge < -0.3 is 15.0 Å². The van der Waals surface area contributed by atoms with Crippen LogP contribution in [-0.4, -0.2) is 7.98 Å². The van der Waals surface area contributed by atoms with Gasteiger partial charge in [0.25, 0.3) is 0 Å². The fraction of sp³-hybridized carbons (Fsp3) is 0.100. The predicted octanol–water partition coefficient (Wildman–Crippen LogP) is 11.0. The van der Waals surface area contributed by atoms with Crippen molar-refractivity contribution in [2.45, 2.75) is 27.7 Å². The predicted molar refractivity (Wildman–Crippen MR) is 190 cm³/mol. The van der Waals surface area contributed by atoms with Crippen LogP contribution in [0.1, 0.15) is 22.3 Å². The van der Waals surface area contributed by atoms with E-state index in [0.717, 1.165) is 39.8 Å². The van der Waals surface area contributed by atoms with Crippen molar-refractivity contribution >= 4 is 47.8 Å². The Kier molecular flexibility index (Phi) is 8.25. The van der Waals surface area contributed by atoms with Crippen molar-refractivity contribution in [1.82, 2.24) is 0 Å². The van der Waals surface area contributed by atoms with Gasteiger partial charge in [-0.3, -0.25) is 0 Å². The summed E-state index contributed by atoms with van der Waals surface area (Å²) in [6.45, 7) is 8.62. The maximum atomic E-state index is 5.65. The first-order chi connectivity index (χ1) is 21.4. The minimum atomic E-state index is 0.872. The van der Waals surface area contributed by atoms with E-state index < -0.39 is 0 Å². The van der Waals surface area contributed by atoms with Crippen molar-refractivity contribution in [3.8, 4) is 11.1 Å². The lowest BCUT2D eigenvalue weighted by molar-refractivity contribution is 1.24. The molecular weight excluding hydrogens is 533 g/mol. The number of nitrogens with one attached hydrogen (secondary N) is 1. The molecule has 0 amide bonds. The zero-order chi connectivity index (χ0) is 30.6. The summed E-state index contributed by atoms with van der Waals surface area (Å²) in [5.41, 5.74) is 14.9. The monoisotopic (exact) mass is 569 g/mol. The fourth-order valence-corrected chi connectivity index (χ4v) is 5.70. The summed E-state index contributed by atoms with van der Waals surface area (Å²) >= 11 is 0. The number of rotatable bonds is 8. The number of para-hydroxylation sites is 1. The molecule has 0 aromatic heterocycles. The van der Waals surface area contributed by atoms with Crippen molar-refractivity contribution in [2.24, 2.45) is 0 Å². The number of nitrogens with zero attached hydrogens (tertiary/aromatic N) is 2. The molecule has 44 heavy (non-hydrogen) atoms. The Balaban J connectivity index is 1.37. The smallest absolute Gasteiger partial charge is 0.222 e. The van der Waals surface area contributed by atoms with Crippen LogP contribution >= 0.6 is 0 Å². The summed E-state index contributed by atoms with van der Waals surface area (Å²) in [6.07, 6.45) is 0. The molecule has 6 aromatic rings. The van der Waals surface area contributed by atoms with Crippen molar-refractivity contribution in [1.29, 1.82) is 0 Å². The van der Waals surface area contributed by atoms with Gasteiger partial charge in [0.05, 0.1) is 0 Å².